The maximum atomic E-state index is 12.1. The third-order valence-corrected chi connectivity index (χ3v) is 10.4. The lowest BCUT2D eigenvalue weighted by Gasteiger charge is -2.29. The number of anilines is 8. The van der Waals surface area contributed by atoms with Crippen molar-refractivity contribution in [2.45, 2.75) is 70.3 Å². The maximum Gasteiger partial charge on any atom is 0.341 e. The van der Waals surface area contributed by atoms with Crippen molar-refractivity contribution in [3.8, 4) is 11.5 Å². The summed E-state index contributed by atoms with van der Waals surface area (Å²) in [5, 5.41) is 8.52. The second kappa shape index (κ2) is 28.7. The Labute approximate surface area is 408 Å². The minimum atomic E-state index is -1.02. The quantitative estimate of drug-likeness (QED) is 0.0190. The molecule has 18 heteroatoms. The molecule has 0 aliphatic heterocycles. The summed E-state index contributed by atoms with van der Waals surface area (Å²) in [6.07, 6.45) is 13.2. The molecule has 372 valence electrons. The summed E-state index contributed by atoms with van der Waals surface area (Å²) in [6.45, 7) is 2.76. The Hall–Kier alpha value is -8.38. The monoisotopic (exact) mass is 959 g/mol. The van der Waals surface area contributed by atoms with Crippen molar-refractivity contribution in [1.29, 1.82) is 0 Å². The van der Waals surface area contributed by atoms with Crippen LogP contribution in [0.2, 0.25) is 0 Å². The van der Waals surface area contributed by atoms with Gasteiger partial charge in [-0.1, -0.05) is 38.3 Å². The average molecular weight is 960 g/mol. The molecule has 1 fully saturated rings. The third-order valence-electron chi connectivity index (χ3n) is 10.4. The molecule has 1 aliphatic carbocycles. The van der Waals surface area contributed by atoms with Gasteiger partial charge in [0.05, 0.1) is 22.8 Å². The number of ether oxygens (including phenoxy) is 5. The van der Waals surface area contributed by atoms with E-state index in [1.54, 1.807) is 60.9 Å². The lowest BCUT2D eigenvalue weighted by molar-refractivity contribution is 0.0144. The van der Waals surface area contributed by atoms with Crippen LogP contribution in [0.1, 0.15) is 101 Å². The molecular formula is C52H65N9O9. The molecule has 1 saturated carbocycles. The van der Waals surface area contributed by atoms with Crippen LogP contribution in [-0.4, -0.2) is 54.3 Å². The van der Waals surface area contributed by atoms with Crippen molar-refractivity contribution in [3.63, 3.8) is 0 Å². The van der Waals surface area contributed by atoms with Crippen molar-refractivity contribution in [1.82, 2.24) is 4.98 Å². The third kappa shape index (κ3) is 20.2. The summed E-state index contributed by atoms with van der Waals surface area (Å²) in [7, 11) is 0. The molecule has 18 nitrogen and oxygen atoms in total. The number of aromatic carboxylic acids is 1. The Balaban J connectivity index is 0.000000234. The Morgan fingerprint density at radius 2 is 0.929 bits per heavy atom. The lowest BCUT2D eigenvalue weighted by Crippen LogP contribution is -2.21. The fourth-order valence-corrected chi connectivity index (χ4v) is 6.97. The number of carbonyl (C=O) groups is 3. The Kier molecular flexibility index (Phi) is 22.2. The van der Waals surface area contributed by atoms with E-state index < -0.39 is 17.9 Å². The van der Waals surface area contributed by atoms with Gasteiger partial charge in [0.15, 0.2) is 0 Å². The van der Waals surface area contributed by atoms with Crippen LogP contribution in [0.25, 0.3) is 0 Å². The Morgan fingerprint density at radius 1 is 0.514 bits per heavy atom. The maximum absolute atomic E-state index is 12.1. The first-order valence-corrected chi connectivity index (χ1v) is 22.6. The average Bonchev–Trinajstić information content (AvgIpc) is 3.33. The molecule has 1 heterocycles. The van der Waals surface area contributed by atoms with Gasteiger partial charge >= 0.3 is 17.9 Å². The molecule has 0 unspecified atom stereocenters. The highest BCUT2D eigenvalue weighted by Crippen LogP contribution is 2.35. The van der Waals surface area contributed by atoms with E-state index in [0.29, 0.717) is 63.2 Å². The standard InChI is InChI=1S/C26H36N2O4.C13H13N3O3.C7H8N2O2.C6H8N2/c1-2-3-4-5-14-30-24-10-6-19(7-11-24)20-8-12-25(13-9-20)31-18-32-26(29)21-15-22(27)17-23(28)16-21;14-10-5-9(6-11(15)7-10)13(17)19-8-18-12-1-3-16-4-2-12;8-5-1-4(7(10)11)2-6(9)3-5;7-5-1-2-6(8)4-3-5/h8-9,12-13,15-17,19,24H,2-7,10-11,14,18,27-28H2,1H3;1-7H,8,14-15H2;1-3H,8-9H2,(H,10,11);1-4H,7-8H2. The molecule has 1 aromatic heterocycles. The minimum Gasteiger partial charge on any atom is -0.478 e. The van der Waals surface area contributed by atoms with E-state index >= 15 is 0 Å². The van der Waals surface area contributed by atoms with Crippen molar-refractivity contribution >= 4 is 63.4 Å². The van der Waals surface area contributed by atoms with Crippen molar-refractivity contribution in [3.05, 3.63) is 150 Å². The van der Waals surface area contributed by atoms with Gasteiger partial charge in [0, 0.05) is 64.5 Å². The number of nitrogens with two attached hydrogens (primary N) is 8. The minimum absolute atomic E-state index is 0.113. The number of carboxylic acid groups (broad SMARTS) is 1. The molecule has 0 saturated heterocycles. The van der Waals surface area contributed by atoms with Crippen LogP contribution < -0.4 is 55.3 Å². The second-order valence-corrected chi connectivity index (χ2v) is 16.2. The molecule has 17 N–H and O–H groups in total. The predicted octanol–water partition coefficient (Wildman–Crippen LogP) is 8.51. The summed E-state index contributed by atoms with van der Waals surface area (Å²) in [5.41, 5.74) is 50.0. The van der Waals surface area contributed by atoms with Crippen LogP contribution in [0.3, 0.4) is 0 Å². The Bertz CT molecular complexity index is 2460. The lowest BCUT2D eigenvalue weighted by atomic mass is 9.83. The number of benzene rings is 5. The van der Waals surface area contributed by atoms with Gasteiger partial charge in [-0.15, -0.1) is 0 Å². The zero-order valence-corrected chi connectivity index (χ0v) is 39.3. The fraction of sp³-hybridized carbons (Fsp3) is 0.269. The molecule has 1 aliphatic rings. The summed E-state index contributed by atoms with van der Waals surface area (Å²) >= 11 is 0. The number of carbonyl (C=O) groups excluding carboxylic acids is 2. The number of pyridine rings is 1. The molecule has 0 atom stereocenters. The van der Waals surface area contributed by atoms with Gasteiger partial charge in [0.1, 0.15) is 11.5 Å². The fourth-order valence-electron chi connectivity index (χ4n) is 6.97. The smallest absolute Gasteiger partial charge is 0.341 e. The normalized spacial score (nSPS) is 13.6. The molecule has 0 spiro atoms. The van der Waals surface area contributed by atoms with Gasteiger partial charge < -0.3 is 74.7 Å². The SMILES string of the molecule is CCCCCCOC1CCC(c2ccc(OCOC(=O)c3cc(N)cc(N)c3)cc2)CC1.Nc1cc(N)cc(C(=O)O)c1.Nc1cc(N)cc(C(=O)OCOc2ccncc2)c1.Nc1ccc(N)cc1. The second-order valence-electron chi connectivity index (χ2n) is 16.2. The summed E-state index contributed by atoms with van der Waals surface area (Å²) in [6, 6.07) is 31.9. The van der Waals surface area contributed by atoms with Crippen molar-refractivity contribution in [2.24, 2.45) is 0 Å². The predicted molar refractivity (Wildman–Crippen MR) is 276 cm³/mol. The number of hydrogen-bond donors (Lipinski definition) is 9. The van der Waals surface area contributed by atoms with Gasteiger partial charge in [0.25, 0.3) is 0 Å². The van der Waals surface area contributed by atoms with Crippen LogP contribution in [0.4, 0.5) is 45.5 Å². The highest BCUT2D eigenvalue weighted by molar-refractivity contribution is 5.92. The van der Waals surface area contributed by atoms with E-state index in [0.717, 1.165) is 43.7 Å². The molecule has 0 radical (unpaired) electrons. The number of aromatic nitrogens is 1. The first-order chi connectivity index (χ1) is 33.6. The van der Waals surface area contributed by atoms with Gasteiger partial charge in [0.2, 0.25) is 13.6 Å². The molecular weight excluding hydrogens is 895 g/mol. The highest BCUT2D eigenvalue weighted by atomic mass is 16.7. The summed E-state index contributed by atoms with van der Waals surface area (Å²) in [4.78, 5) is 38.1. The summed E-state index contributed by atoms with van der Waals surface area (Å²) < 4.78 is 27.0. The number of esters is 2. The summed E-state index contributed by atoms with van der Waals surface area (Å²) in [5.74, 6) is -0.300. The topological polar surface area (TPSA) is 339 Å². The van der Waals surface area contributed by atoms with Crippen LogP contribution in [0.15, 0.2) is 128 Å². The molecule has 6 aromatic rings. The van der Waals surface area contributed by atoms with Crippen LogP contribution >= 0.6 is 0 Å². The van der Waals surface area contributed by atoms with E-state index in [-0.39, 0.29) is 24.7 Å². The van der Waals surface area contributed by atoms with E-state index in [4.69, 9.17) is 74.7 Å². The number of nitrogens with zero attached hydrogens (tertiary/aromatic N) is 1. The Morgan fingerprint density at radius 3 is 1.34 bits per heavy atom. The molecule has 5 aromatic carbocycles. The largest absolute Gasteiger partial charge is 0.478 e. The van der Waals surface area contributed by atoms with E-state index in [1.165, 1.54) is 73.7 Å². The zero-order chi connectivity index (χ0) is 50.8. The number of rotatable bonds is 16. The van der Waals surface area contributed by atoms with Gasteiger partial charge in [-0.25, -0.2) is 14.4 Å². The molecule has 0 amide bonds. The number of nitrogen functional groups attached to an aromatic ring is 8. The number of carboxylic acids is 1. The van der Waals surface area contributed by atoms with Gasteiger partial charge in [-0.05, 0) is 147 Å². The molecule has 0 bridgehead atoms. The first-order valence-electron chi connectivity index (χ1n) is 22.6. The van der Waals surface area contributed by atoms with Crippen LogP contribution in [0.5, 0.6) is 11.5 Å². The van der Waals surface area contributed by atoms with E-state index in [1.807, 2.05) is 12.1 Å². The highest BCUT2D eigenvalue weighted by Gasteiger charge is 2.23. The molecule has 7 rings (SSSR count). The number of unbranched alkanes of at least 4 members (excludes halogenated alkanes) is 3. The van der Waals surface area contributed by atoms with E-state index in [9.17, 15) is 14.4 Å². The van der Waals surface area contributed by atoms with Gasteiger partial charge in [-0.3, -0.25) is 4.98 Å². The number of hydrogen-bond acceptors (Lipinski definition) is 17. The van der Waals surface area contributed by atoms with Crippen molar-refractivity contribution < 1.29 is 43.2 Å². The van der Waals surface area contributed by atoms with Crippen LogP contribution in [-0.2, 0) is 14.2 Å². The van der Waals surface area contributed by atoms with E-state index in [2.05, 4.69) is 24.0 Å². The zero-order valence-electron chi connectivity index (χ0n) is 39.3. The van der Waals surface area contributed by atoms with Crippen LogP contribution in [0, 0.1) is 0 Å². The van der Waals surface area contributed by atoms with Crippen molar-refractivity contribution in [2.75, 3.05) is 66.1 Å². The first kappa shape index (κ1) is 54.2. The molecule has 70 heavy (non-hydrogen) atoms. The van der Waals surface area contributed by atoms with Gasteiger partial charge in [-0.2, -0.15) is 0 Å².